The van der Waals surface area contributed by atoms with Crippen LogP contribution in [0.5, 0.6) is 0 Å². The highest BCUT2D eigenvalue weighted by Gasteiger charge is 2.28. The van der Waals surface area contributed by atoms with E-state index in [0.29, 0.717) is 11.6 Å². The Hall–Kier alpha value is -1.69. The molecule has 1 aliphatic rings. The highest BCUT2D eigenvalue weighted by Crippen LogP contribution is 2.26. The maximum Gasteiger partial charge on any atom is 0.182 e. The largest absolute Gasteiger partial charge is 0.396 e. The zero-order valence-corrected chi connectivity index (χ0v) is 8.09. The summed E-state index contributed by atoms with van der Waals surface area (Å²) in [7, 11) is 0. The minimum atomic E-state index is 0.244. The molecule has 0 aliphatic carbocycles. The number of aromatic amines is 1. The topological polar surface area (TPSA) is 77.9 Å². The lowest BCUT2D eigenvalue weighted by molar-refractivity contribution is 0.200. The predicted molar refractivity (Wildman–Crippen MR) is 54.5 cm³/mol. The first-order chi connectivity index (χ1) is 7.38. The molecule has 2 N–H and O–H groups in total. The van der Waals surface area contributed by atoms with E-state index in [1.807, 2.05) is 0 Å². The zero-order valence-electron chi connectivity index (χ0n) is 8.09. The van der Waals surface area contributed by atoms with E-state index in [1.54, 1.807) is 6.33 Å². The van der Waals surface area contributed by atoms with Gasteiger partial charge < -0.3 is 15.0 Å². The minimum Gasteiger partial charge on any atom is -0.396 e. The highest BCUT2D eigenvalue weighted by atomic mass is 16.3. The van der Waals surface area contributed by atoms with E-state index in [9.17, 15) is 0 Å². The number of fused-ring (bicyclic) bond motifs is 1. The first kappa shape index (κ1) is 8.60. The molecule has 0 atom stereocenters. The molecular weight excluding hydrogens is 194 g/mol. The summed E-state index contributed by atoms with van der Waals surface area (Å²) < 4.78 is 0. The third-order valence-electron chi connectivity index (χ3n) is 2.72. The van der Waals surface area contributed by atoms with E-state index in [0.717, 1.165) is 24.4 Å². The van der Waals surface area contributed by atoms with Crippen molar-refractivity contribution < 1.29 is 5.11 Å². The van der Waals surface area contributed by atoms with Crippen LogP contribution in [0.15, 0.2) is 12.7 Å². The number of aliphatic hydroxyl groups is 1. The fourth-order valence-electron chi connectivity index (χ4n) is 1.85. The van der Waals surface area contributed by atoms with Gasteiger partial charge in [-0.15, -0.1) is 0 Å². The molecule has 1 saturated heterocycles. The molecule has 3 heterocycles. The molecule has 2 aromatic rings. The fourth-order valence-corrected chi connectivity index (χ4v) is 1.85. The maximum atomic E-state index is 8.94. The number of imidazole rings is 1. The van der Waals surface area contributed by atoms with Crippen molar-refractivity contribution in [3.05, 3.63) is 12.7 Å². The zero-order chi connectivity index (χ0) is 10.3. The van der Waals surface area contributed by atoms with Crippen molar-refractivity contribution in [2.24, 2.45) is 5.92 Å². The summed E-state index contributed by atoms with van der Waals surface area (Å²) in [6.45, 7) is 1.94. The number of nitrogens with one attached hydrogen (secondary N) is 1. The normalized spacial score (nSPS) is 17.0. The van der Waals surface area contributed by atoms with Crippen LogP contribution in [0, 0.1) is 5.92 Å². The van der Waals surface area contributed by atoms with Gasteiger partial charge in [0.25, 0.3) is 0 Å². The molecule has 0 amide bonds. The van der Waals surface area contributed by atoms with Crippen LogP contribution in [0.4, 0.5) is 5.82 Å². The molecule has 0 aromatic carbocycles. The number of aliphatic hydroxyl groups excluding tert-OH is 1. The van der Waals surface area contributed by atoms with Crippen molar-refractivity contribution in [1.82, 2.24) is 19.9 Å². The van der Waals surface area contributed by atoms with Gasteiger partial charge in [-0.2, -0.15) is 0 Å². The SMILES string of the molecule is OCC1CN(c2ncnc3nc[nH]c23)C1. The van der Waals surface area contributed by atoms with Crippen molar-refractivity contribution in [2.45, 2.75) is 0 Å². The van der Waals surface area contributed by atoms with Crippen molar-refractivity contribution in [2.75, 3.05) is 24.6 Å². The highest BCUT2D eigenvalue weighted by molar-refractivity contribution is 5.83. The summed E-state index contributed by atoms with van der Waals surface area (Å²) in [5.74, 6) is 1.25. The van der Waals surface area contributed by atoms with Gasteiger partial charge in [-0.05, 0) is 0 Å². The summed E-state index contributed by atoms with van der Waals surface area (Å²) in [4.78, 5) is 17.5. The van der Waals surface area contributed by atoms with Crippen molar-refractivity contribution in [3.63, 3.8) is 0 Å². The van der Waals surface area contributed by atoms with E-state index >= 15 is 0 Å². The van der Waals surface area contributed by atoms with E-state index in [4.69, 9.17) is 5.11 Å². The molecular formula is C9H11N5O. The second-order valence-electron chi connectivity index (χ2n) is 3.75. The van der Waals surface area contributed by atoms with Crippen LogP contribution in [-0.4, -0.2) is 44.7 Å². The van der Waals surface area contributed by atoms with Crippen LogP contribution in [0.1, 0.15) is 0 Å². The van der Waals surface area contributed by atoms with Gasteiger partial charge in [0.1, 0.15) is 11.8 Å². The van der Waals surface area contributed by atoms with Crippen molar-refractivity contribution >= 4 is 17.0 Å². The Morgan fingerprint density at radius 1 is 1.40 bits per heavy atom. The number of anilines is 1. The molecule has 0 bridgehead atoms. The van der Waals surface area contributed by atoms with E-state index in [2.05, 4.69) is 24.8 Å². The lowest BCUT2D eigenvalue weighted by atomic mass is 10.0. The van der Waals surface area contributed by atoms with Gasteiger partial charge in [-0.25, -0.2) is 15.0 Å². The van der Waals surface area contributed by atoms with Crippen LogP contribution in [-0.2, 0) is 0 Å². The van der Waals surface area contributed by atoms with Gasteiger partial charge in [0.2, 0.25) is 0 Å². The second-order valence-corrected chi connectivity index (χ2v) is 3.75. The quantitative estimate of drug-likeness (QED) is 0.708. The Balaban J connectivity index is 1.95. The number of aromatic nitrogens is 4. The van der Waals surface area contributed by atoms with Gasteiger partial charge in [0.15, 0.2) is 11.5 Å². The van der Waals surface area contributed by atoms with Crippen LogP contribution < -0.4 is 4.90 Å². The molecule has 6 heteroatoms. The molecule has 78 valence electrons. The van der Waals surface area contributed by atoms with E-state index < -0.39 is 0 Å². The standard InChI is InChI=1S/C9H11N5O/c15-3-6-1-14(2-6)9-7-8(11-4-10-7)12-5-13-9/h4-6,15H,1-3H2,(H,10,11,12,13). The summed E-state index contributed by atoms with van der Waals surface area (Å²) in [6, 6.07) is 0. The summed E-state index contributed by atoms with van der Waals surface area (Å²) in [5, 5.41) is 8.94. The summed E-state index contributed by atoms with van der Waals surface area (Å²) in [5.41, 5.74) is 1.56. The van der Waals surface area contributed by atoms with Crippen molar-refractivity contribution in [1.29, 1.82) is 0 Å². The summed E-state index contributed by atoms with van der Waals surface area (Å²) >= 11 is 0. The van der Waals surface area contributed by atoms with E-state index in [1.165, 1.54) is 6.33 Å². The average molecular weight is 205 g/mol. The number of hydrogen-bond donors (Lipinski definition) is 2. The first-order valence-corrected chi connectivity index (χ1v) is 4.88. The lowest BCUT2D eigenvalue weighted by Crippen LogP contribution is -2.48. The Kier molecular flexibility index (Phi) is 1.81. The molecule has 3 rings (SSSR count). The number of hydrogen-bond acceptors (Lipinski definition) is 5. The lowest BCUT2D eigenvalue weighted by Gasteiger charge is -2.39. The van der Waals surface area contributed by atoms with Gasteiger partial charge in [0.05, 0.1) is 6.33 Å². The Bertz CT molecular complexity index is 476. The molecule has 1 fully saturated rings. The number of H-pyrrole nitrogens is 1. The van der Waals surface area contributed by atoms with Crippen LogP contribution in [0.2, 0.25) is 0 Å². The Morgan fingerprint density at radius 3 is 3.07 bits per heavy atom. The molecule has 0 unspecified atom stereocenters. The van der Waals surface area contributed by atoms with Crippen molar-refractivity contribution in [3.8, 4) is 0 Å². The molecule has 1 aliphatic heterocycles. The fraction of sp³-hybridized carbons (Fsp3) is 0.444. The molecule has 0 saturated carbocycles. The van der Waals surface area contributed by atoms with Crippen LogP contribution in [0.25, 0.3) is 11.2 Å². The Morgan fingerprint density at radius 2 is 2.27 bits per heavy atom. The average Bonchev–Trinajstić information content (AvgIpc) is 2.64. The smallest absolute Gasteiger partial charge is 0.182 e. The minimum absolute atomic E-state index is 0.244. The second kappa shape index (κ2) is 3.16. The van der Waals surface area contributed by atoms with Gasteiger partial charge in [-0.3, -0.25) is 0 Å². The molecule has 0 radical (unpaired) electrons. The predicted octanol–water partition coefficient (Wildman–Crippen LogP) is -0.219. The molecule has 0 spiro atoms. The number of rotatable bonds is 2. The monoisotopic (exact) mass is 205 g/mol. The summed E-state index contributed by atoms with van der Waals surface area (Å²) in [6.07, 6.45) is 3.14. The molecule has 15 heavy (non-hydrogen) atoms. The third-order valence-corrected chi connectivity index (χ3v) is 2.72. The maximum absolute atomic E-state index is 8.94. The van der Waals surface area contributed by atoms with Crippen LogP contribution >= 0.6 is 0 Å². The molecule has 6 nitrogen and oxygen atoms in total. The number of nitrogens with zero attached hydrogens (tertiary/aromatic N) is 4. The van der Waals surface area contributed by atoms with Gasteiger partial charge in [-0.1, -0.05) is 0 Å². The van der Waals surface area contributed by atoms with E-state index in [-0.39, 0.29) is 6.61 Å². The molecule has 2 aromatic heterocycles. The van der Waals surface area contributed by atoms with Crippen LogP contribution in [0.3, 0.4) is 0 Å². The first-order valence-electron chi connectivity index (χ1n) is 4.88. The van der Waals surface area contributed by atoms with Gasteiger partial charge >= 0.3 is 0 Å². The Labute approximate surface area is 86.0 Å². The third kappa shape index (κ3) is 1.25. The van der Waals surface area contributed by atoms with Gasteiger partial charge in [0, 0.05) is 25.6 Å².